The van der Waals surface area contributed by atoms with E-state index in [2.05, 4.69) is 25.3 Å². The van der Waals surface area contributed by atoms with Gasteiger partial charge in [0, 0.05) is 0 Å². The normalized spacial score (nSPS) is 11.8. The number of rotatable bonds is 3. The molecule has 2 aromatic heterocycles. The van der Waals surface area contributed by atoms with Crippen molar-refractivity contribution in [1.29, 1.82) is 0 Å². The monoisotopic (exact) mass is 229 g/mol. The van der Waals surface area contributed by atoms with Crippen molar-refractivity contribution in [2.75, 3.05) is 0 Å². The standard InChI is InChI=1S/C5H7N7O2S/c6-15(13,14)5-9-4(10-11-5)1-12-3-7-2-8-12/h2-3H,1H2,(H2,6,13,14)(H,9,10,11). The van der Waals surface area contributed by atoms with Crippen molar-refractivity contribution >= 4 is 10.0 Å². The van der Waals surface area contributed by atoms with Gasteiger partial charge in [-0.05, 0) is 0 Å². The highest BCUT2D eigenvalue weighted by molar-refractivity contribution is 7.89. The maximum Gasteiger partial charge on any atom is 0.282 e. The number of aromatic nitrogens is 6. The van der Waals surface area contributed by atoms with E-state index >= 15 is 0 Å². The average Bonchev–Trinajstić information content (AvgIpc) is 2.73. The van der Waals surface area contributed by atoms with E-state index in [1.807, 2.05) is 0 Å². The Labute approximate surface area is 84.4 Å². The van der Waals surface area contributed by atoms with Crippen LogP contribution in [0.15, 0.2) is 17.8 Å². The lowest BCUT2D eigenvalue weighted by atomic mass is 10.6. The Morgan fingerprint density at radius 2 is 2.33 bits per heavy atom. The number of nitrogens with zero attached hydrogens (tertiary/aromatic N) is 5. The summed E-state index contributed by atoms with van der Waals surface area (Å²) in [5.74, 6) is 0.338. The minimum absolute atomic E-state index is 0.252. The summed E-state index contributed by atoms with van der Waals surface area (Å²) in [4.78, 5) is 7.41. The summed E-state index contributed by atoms with van der Waals surface area (Å²) >= 11 is 0. The number of sulfonamides is 1. The molecule has 0 saturated heterocycles. The van der Waals surface area contributed by atoms with Crippen molar-refractivity contribution < 1.29 is 8.42 Å². The van der Waals surface area contributed by atoms with E-state index in [-0.39, 0.29) is 6.54 Å². The zero-order valence-corrected chi connectivity index (χ0v) is 8.22. The van der Waals surface area contributed by atoms with Gasteiger partial charge >= 0.3 is 0 Å². The van der Waals surface area contributed by atoms with E-state index in [1.54, 1.807) is 0 Å². The summed E-state index contributed by atoms with van der Waals surface area (Å²) in [6, 6.07) is 0. The molecule has 9 nitrogen and oxygen atoms in total. The molecular formula is C5H7N7O2S. The van der Waals surface area contributed by atoms with Crippen LogP contribution >= 0.6 is 0 Å². The van der Waals surface area contributed by atoms with Gasteiger partial charge in [0.05, 0.1) is 0 Å². The minimum Gasteiger partial charge on any atom is -0.260 e. The van der Waals surface area contributed by atoms with E-state index in [9.17, 15) is 8.42 Å². The molecule has 0 unspecified atom stereocenters. The molecule has 0 aromatic carbocycles. The van der Waals surface area contributed by atoms with E-state index in [4.69, 9.17) is 5.14 Å². The van der Waals surface area contributed by atoms with Crippen molar-refractivity contribution in [2.45, 2.75) is 11.7 Å². The molecule has 15 heavy (non-hydrogen) atoms. The van der Waals surface area contributed by atoms with Crippen molar-refractivity contribution in [3.05, 3.63) is 18.5 Å². The van der Waals surface area contributed by atoms with Crippen molar-refractivity contribution in [1.82, 2.24) is 29.9 Å². The molecule has 3 N–H and O–H groups in total. The molecule has 0 spiro atoms. The van der Waals surface area contributed by atoms with Crippen LogP contribution in [-0.4, -0.2) is 38.4 Å². The van der Waals surface area contributed by atoms with Gasteiger partial charge in [0.25, 0.3) is 15.2 Å². The summed E-state index contributed by atoms with van der Waals surface area (Å²) in [5.41, 5.74) is 0. The SMILES string of the molecule is NS(=O)(=O)c1n[nH]c(Cn2cncn2)n1. The predicted molar refractivity (Wildman–Crippen MR) is 46.9 cm³/mol. The molecule has 0 aliphatic carbocycles. The second-order valence-corrected chi connectivity index (χ2v) is 4.16. The first kappa shape index (κ1) is 9.73. The Hall–Kier alpha value is -1.81. The Morgan fingerprint density at radius 1 is 1.53 bits per heavy atom. The highest BCUT2D eigenvalue weighted by Crippen LogP contribution is 1.99. The van der Waals surface area contributed by atoms with E-state index in [0.717, 1.165) is 0 Å². The van der Waals surface area contributed by atoms with Gasteiger partial charge in [-0.25, -0.2) is 23.2 Å². The highest BCUT2D eigenvalue weighted by atomic mass is 32.2. The number of aromatic amines is 1. The first-order chi connectivity index (χ1) is 7.05. The Bertz CT molecular complexity index is 542. The fraction of sp³-hybridized carbons (Fsp3) is 0.200. The molecular weight excluding hydrogens is 222 g/mol. The van der Waals surface area contributed by atoms with Gasteiger partial charge in [0.15, 0.2) is 0 Å². The number of nitrogens with one attached hydrogen (secondary N) is 1. The summed E-state index contributed by atoms with van der Waals surface area (Å²) in [6.07, 6.45) is 2.83. The second kappa shape index (κ2) is 3.40. The molecule has 0 atom stereocenters. The number of primary sulfonamides is 1. The van der Waals surface area contributed by atoms with Crippen LogP contribution in [0.5, 0.6) is 0 Å². The van der Waals surface area contributed by atoms with Crippen LogP contribution in [0.1, 0.15) is 5.82 Å². The molecule has 2 aromatic rings. The maximum absolute atomic E-state index is 10.8. The zero-order chi connectivity index (χ0) is 10.9. The van der Waals surface area contributed by atoms with Crippen molar-refractivity contribution in [3.63, 3.8) is 0 Å². The van der Waals surface area contributed by atoms with Crippen LogP contribution in [0.4, 0.5) is 0 Å². The molecule has 0 saturated carbocycles. The minimum atomic E-state index is -3.86. The summed E-state index contributed by atoms with van der Waals surface area (Å²) in [6.45, 7) is 0.252. The lowest BCUT2D eigenvalue weighted by Gasteiger charge is -1.93. The van der Waals surface area contributed by atoms with Gasteiger partial charge in [-0.2, -0.15) is 10.1 Å². The lowest BCUT2D eigenvalue weighted by molar-refractivity contribution is 0.589. The summed E-state index contributed by atoms with van der Waals surface area (Å²) < 4.78 is 23.2. The number of hydrogen-bond acceptors (Lipinski definition) is 6. The number of nitrogens with two attached hydrogens (primary N) is 1. The van der Waals surface area contributed by atoms with Crippen LogP contribution in [0.2, 0.25) is 0 Å². The average molecular weight is 229 g/mol. The summed E-state index contributed by atoms with van der Waals surface area (Å²) in [5, 5.41) is 14.1. The third-order valence-corrected chi connectivity index (χ3v) is 2.24. The first-order valence-electron chi connectivity index (χ1n) is 3.82. The van der Waals surface area contributed by atoms with Gasteiger partial charge < -0.3 is 0 Å². The highest BCUT2D eigenvalue weighted by Gasteiger charge is 2.14. The fourth-order valence-electron chi connectivity index (χ4n) is 0.944. The van der Waals surface area contributed by atoms with Crippen molar-refractivity contribution in [2.24, 2.45) is 5.14 Å². The Balaban J connectivity index is 2.22. The van der Waals surface area contributed by atoms with Crippen LogP contribution in [-0.2, 0) is 16.6 Å². The predicted octanol–water partition coefficient (Wildman–Crippen LogP) is -1.91. The molecule has 0 amide bonds. The van der Waals surface area contributed by atoms with Gasteiger partial charge in [-0.15, -0.1) is 5.10 Å². The number of hydrogen-bond donors (Lipinski definition) is 2. The second-order valence-electron chi connectivity index (χ2n) is 2.70. The van der Waals surface area contributed by atoms with Crippen LogP contribution in [0, 0.1) is 0 Å². The fourth-order valence-corrected chi connectivity index (χ4v) is 1.35. The summed E-state index contributed by atoms with van der Waals surface area (Å²) in [7, 11) is -3.86. The Morgan fingerprint density at radius 3 is 2.87 bits per heavy atom. The number of H-pyrrole nitrogens is 1. The smallest absolute Gasteiger partial charge is 0.260 e. The largest absolute Gasteiger partial charge is 0.282 e. The van der Waals surface area contributed by atoms with Gasteiger partial charge in [0.2, 0.25) is 0 Å². The third-order valence-electron chi connectivity index (χ3n) is 1.54. The zero-order valence-electron chi connectivity index (χ0n) is 7.40. The molecule has 2 heterocycles. The molecule has 0 aliphatic rings. The van der Waals surface area contributed by atoms with Crippen molar-refractivity contribution in [3.8, 4) is 0 Å². The van der Waals surface area contributed by atoms with Gasteiger partial charge in [-0.1, -0.05) is 0 Å². The Kier molecular flexibility index (Phi) is 2.21. The molecule has 10 heteroatoms. The molecule has 0 bridgehead atoms. The molecule has 0 fully saturated rings. The van der Waals surface area contributed by atoms with E-state index in [0.29, 0.717) is 5.82 Å². The molecule has 2 rings (SSSR count). The quantitative estimate of drug-likeness (QED) is 0.631. The molecule has 80 valence electrons. The van der Waals surface area contributed by atoms with E-state index in [1.165, 1.54) is 17.3 Å². The topological polar surface area (TPSA) is 132 Å². The van der Waals surface area contributed by atoms with Crippen LogP contribution in [0.25, 0.3) is 0 Å². The lowest BCUT2D eigenvalue weighted by Crippen LogP contribution is -2.14. The van der Waals surface area contributed by atoms with E-state index < -0.39 is 15.2 Å². The van der Waals surface area contributed by atoms with Crippen LogP contribution < -0.4 is 5.14 Å². The van der Waals surface area contributed by atoms with Gasteiger partial charge in [-0.3, -0.25) is 5.10 Å². The van der Waals surface area contributed by atoms with Crippen LogP contribution in [0.3, 0.4) is 0 Å². The molecule has 0 aliphatic heterocycles. The maximum atomic E-state index is 10.8. The molecule has 0 radical (unpaired) electrons. The van der Waals surface area contributed by atoms with Gasteiger partial charge in [0.1, 0.15) is 25.0 Å². The third kappa shape index (κ3) is 2.16. The first-order valence-corrected chi connectivity index (χ1v) is 5.37.